The molecule has 0 saturated carbocycles. The fourth-order valence-corrected chi connectivity index (χ4v) is 2.56. The van der Waals surface area contributed by atoms with Gasteiger partial charge in [0.1, 0.15) is 6.61 Å². The number of benzene rings is 1. The Bertz CT molecular complexity index is 601. The normalized spacial score (nSPS) is 10.9. The van der Waals surface area contributed by atoms with E-state index in [1.807, 2.05) is 0 Å². The molecule has 6 heteroatoms. The van der Waals surface area contributed by atoms with Crippen LogP contribution in [-0.4, -0.2) is 36.8 Å². The number of carbonyl (C=O) groups is 2. The first-order chi connectivity index (χ1) is 12.0. The van der Waals surface area contributed by atoms with Gasteiger partial charge in [0.25, 0.3) is 0 Å². The summed E-state index contributed by atoms with van der Waals surface area (Å²) in [6.07, 6.45) is 3.73. The lowest BCUT2D eigenvalue weighted by Gasteiger charge is -2.17. The van der Waals surface area contributed by atoms with Gasteiger partial charge in [0, 0.05) is 20.0 Å². The lowest BCUT2D eigenvalue weighted by atomic mass is 9.92. The first-order valence-electron chi connectivity index (χ1n) is 8.74. The Morgan fingerprint density at radius 1 is 1.20 bits per heavy atom. The zero-order valence-electron chi connectivity index (χ0n) is 15.7. The van der Waals surface area contributed by atoms with Crippen molar-refractivity contribution in [3.8, 4) is 0 Å². The highest BCUT2D eigenvalue weighted by Crippen LogP contribution is 2.21. The topological polar surface area (TPSA) is 85.0 Å². The third-order valence-electron chi connectivity index (χ3n) is 4.04. The Morgan fingerprint density at radius 3 is 2.28 bits per heavy atom. The number of amides is 1. The van der Waals surface area contributed by atoms with Crippen LogP contribution in [0.4, 0.5) is 0 Å². The fourth-order valence-electron chi connectivity index (χ4n) is 2.56. The van der Waals surface area contributed by atoms with Gasteiger partial charge in [0.2, 0.25) is 5.91 Å². The van der Waals surface area contributed by atoms with E-state index in [9.17, 15) is 9.59 Å². The number of ether oxygens (including phenoxy) is 1. The van der Waals surface area contributed by atoms with Crippen molar-refractivity contribution in [1.29, 1.82) is 0 Å². The molecule has 0 bridgehead atoms. The molecule has 1 aromatic rings. The van der Waals surface area contributed by atoms with Crippen LogP contribution < -0.4 is 5.73 Å². The van der Waals surface area contributed by atoms with Gasteiger partial charge in [-0.3, -0.25) is 9.59 Å². The maximum Gasteiger partial charge on any atom is 0.305 e. The van der Waals surface area contributed by atoms with Gasteiger partial charge >= 0.3 is 5.97 Å². The molecular formula is C19H29N3O3. The monoisotopic (exact) mass is 347 g/mol. The minimum atomic E-state index is -0.291. The molecule has 0 radical (unpaired) electrons. The molecular weight excluding hydrogens is 318 g/mol. The van der Waals surface area contributed by atoms with Crippen LogP contribution in [0.25, 0.3) is 0 Å². The number of aryl methyl sites for hydroxylation is 2. The van der Waals surface area contributed by atoms with Gasteiger partial charge in [-0.25, -0.2) is 5.01 Å². The maximum atomic E-state index is 12.5. The van der Waals surface area contributed by atoms with Crippen LogP contribution in [0.15, 0.2) is 17.2 Å². The van der Waals surface area contributed by atoms with Gasteiger partial charge < -0.3 is 10.5 Å². The first kappa shape index (κ1) is 20.8. The highest BCUT2D eigenvalue weighted by atomic mass is 16.5. The Morgan fingerprint density at radius 2 is 1.80 bits per heavy atom. The van der Waals surface area contributed by atoms with E-state index in [2.05, 4.69) is 31.1 Å². The molecule has 0 atom stereocenters. The molecule has 1 aromatic carbocycles. The third-order valence-corrected chi connectivity index (χ3v) is 4.04. The minimum Gasteiger partial charge on any atom is -0.460 e. The quantitative estimate of drug-likeness (QED) is 0.422. The molecule has 0 saturated heterocycles. The predicted molar refractivity (Wildman–Crippen MR) is 99.3 cm³/mol. The van der Waals surface area contributed by atoms with E-state index >= 15 is 0 Å². The highest BCUT2D eigenvalue weighted by molar-refractivity contribution is 5.80. The number of hydrazone groups is 1. The first-order valence-corrected chi connectivity index (χ1v) is 8.74. The van der Waals surface area contributed by atoms with Gasteiger partial charge in [-0.15, -0.1) is 0 Å². The molecule has 25 heavy (non-hydrogen) atoms. The SMILES string of the molecule is CCC(=O)OCC=NN(C)C(=O)Cc1c(CC)cc(CN)cc1CC. The lowest BCUT2D eigenvalue weighted by molar-refractivity contribution is -0.141. The Labute approximate surface area is 150 Å². The summed E-state index contributed by atoms with van der Waals surface area (Å²) >= 11 is 0. The van der Waals surface area contributed by atoms with Crippen molar-refractivity contribution >= 4 is 18.1 Å². The molecule has 0 aliphatic carbocycles. The summed E-state index contributed by atoms with van der Waals surface area (Å²) in [5, 5.41) is 5.32. The molecule has 0 heterocycles. The van der Waals surface area contributed by atoms with Crippen molar-refractivity contribution in [3.05, 3.63) is 34.4 Å². The second-order valence-corrected chi connectivity index (χ2v) is 5.73. The van der Waals surface area contributed by atoms with Gasteiger partial charge in [0.05, 0.1) is 12.6 Å². The molecule has 1 rings (SSSR count). The van der Waals surface area contributed by atoms with Gasteiger partial charge in [0.15, 0.2) is 0 Å². The van der Waals surface area contributed by atoms with E-state index in [1.54, 1.807) is 14.0 Å². The van der Waals surface area contributed by atoms with E-state index in [-0.39, 0.29) is 18.5 Å². The molecule has 0 fully saturated rings. The number of nitrogens with zero attached hydrogens (tertiary/aromatic N) is 2. The van der Waals surface area contributed by atoms with E-state index in [0.29, 0.717) is 19.4 Å². The molecule has 138 valence electrons. The molecule has 0 aliphatic heterocycles. The minimum absolute atomic E-state index is 0.0654. The average Bonchev–Trinajstić information content (AvgIpc) is 2.64. The summed E-state index contributed by atoms with van der Waals surface area (Å²) < 4.78 is 4.90. The van der Waals surface area contributed by atoms with E-state index in [4.69, 9.17) is 10.5 Å². The van der Waals surface area contributed by atoms with Crippen molar-refractivity contribution in [3.63, 3.8) is 0 Å². The number of likely N-dealkylation sites (N-methyl/N-ethyl adjacent to an activating group) is 1. The second-order valence-electron chi connectivity index (χ2n) is 5.73. The van der Waals surface area contributed by atoms with Crippen LogP contribution in [-0.2, 0) is 40.1 Å². The summed E-state index contributed by atoms with van der Waals surface area (Å²) in [5.41, 5.74) is 10.2. The Hall–Kier alpha value is -2.21. The Balaban J connectivity index is 2.81. The second kappa shape index (κ2) is 10.6. The predicted octanol–water partition coefficient (Wildman–Crippen LogP) is 2.21. The van der Waals surface area contributed by atoms with Crippen molar-refractivity contribution in [1.82, 2.24) is 5.01 Å². The zero-order chi connectivity index (χ0) is 18.8. The van der Waals surface area contributed by atoms with Crippen LogP contribution >= 0.6 is 0 Å². The number of rotatable bonds is 9. The van der Waals surface area contributed by atoms with E-state index in [1.165, 1.54) is 11.2 Å². The number of carbonyl (C=O) groups excluding carboxylic acids is 2. The van der Waals surface area contributed by atoms with Gasteiger partial charge in [-0.2, -0.15) is 5.10 Å². The van der Waals surface area contributed by atoms with E-state index < -0.39 is 0 Å². The summed E-state index contributed by atoms with van der Waals surface area (Å²) in [6.45, 7) is 6.44. The zero-order valence-corrected chi connectivity index (χ0v) is 15.7. The third kappa shape index (κ3) is 6.31. The van der Waals surface area contributed by atoms with Crippen molar-refractivity contribution in [2.45, 2.75) is 53.0 Å². The molecule has 0 spiro atoms. The standard InChI is InChI=1S/C19H29N3O3/c1-5-15-10-14(13-20)11-16(6-2)17(15)12-18(23)22(4)21-8-9-25-19(24)7-3/h8,10-11H,5-7,9,12-13,20H2,1-4H3. The average molecular weight is 347 g/mol. The summed E-state index contributed by atoms with van der Waals surface area (Å²) in [6, 6.07) is 4.16. The number of hydrogen-bond donors (Lipinski definition) is 1. The van der Waals surface area contributed by atoms with Crippen molar-refractivity contribution in [2.24, 2.45) is 10.8 Å². The lowest BCUT2D eigenvalue weighted by Crippen LogP contribution is -2.25. The summed E-state index contributed by atoms with van der Waals surface area (Å²) in [7, 11) is 1.60. The van der Waals surface area contributed by atoms with Crippen LogP contribution in [0.5, 0.6) is 0 Å². The van der Waals surface area contributed by atoms with E-state index in [0.717, 1.165) is 35.1 Å². The number of nitrogens with two attached hydrogens (primary N) is 1. The maximum absolute atomic E-state index is 12.5. The molecule has 1 amide bonds. The van der Waals surface area contributed by atoms with Gasteiger partial charge in [-0.1, -0.05) is 32.9 Å². The molecule has 0 aromatic heterocycles. The smallest absolute Gasteiger partial charge is 0.305 e. The summed E-state index contributed by atoms with van der Waals surface area (Å²) in [4.78, 5) is 23.5. The largest absolute Gasteiger partial charge is 0.460 e. The van der Waals surface area contributed by atoms with Crippen LogP contribution in [0.3, 0.4) is 0 Å². The number of esters is 1. The van der Waals surface area contributed by atoms with Crippen LogP contribution in [0.1, 0.15) is 49.4 Å². The summed E-state index contributed by atoms with van der Waals surface area (Å²) in [5.74, 6) is -0.399. The Kier molecular flexibility index (Phi) is 8.84. The highest BCUT2D eigenvalue weighted by Gasteiger charge is 2.15. The fraction of sp³-hybridized carbons (Fsp3) is 0.526. The van der Waals surface area contributed by atoms with Gasteiger partial charge in [-0.05, 0) is 35.1 Å². The number of hydrogen-bond acceptors (Lipinski definition) is 5. The van der Waals surface area contributed by atoms with Crippen molar-refractivity contribution < 1.29 is 14.3 Å². The molecule has 2 N–H and O–H groups in total. The molecule has 6 nitrogen and oxygen atoms in total. The van der Waals surface area contributed by atoms with Crippen molar-refractivity contribution in [2.75, 3.05) is 13.7 Å². The molecule has 0 aliphatic rings. The molecule has 0 unspecified atom stereocenters. The van der Waals surface area contributed by atoms with Crippen LogP contribution in [0.2, 0.25) is 0 Å². The van der Waals surface area contributed by atoms with Crippen LogP contribution in [0, 0.1) is 0 Å².